The van der Waals surface area contributed by atoms with Gasteiger partial charge in [-0.3, -0.25) is 9.69 Å². The van der Waals surface area contributed by atoms with Gasteiger partial charge in [0.15, 0.2) is 11.5 Å². The summed E-state index contributed by atoms with van der Waals surface area (Å²) in [4.78, 5) is 15.7. The third-order valence-corrected chi connectivity index (χ3v) is 7.07. The minimum atomic E-state index is -0.119. The molecule has 2 bridgehead atoms. The SMILES string of the molecule is COc1cc(C(=O)NC2C[C@H]3CCC[C@@H](C2)N3Cc2ccccc2Cl)cc(OC)c1OC. The Morgan fingerprint density at radius 2 is 1.66 bits per heavy atom. The van der Waals surface area contributed by atoms with Crippen LogP contribution in [0.25, 0.3) is 0 Å². The molecule has 2 aromatic carbocycles. The van der Waals surface area contributed by atoms with Crippen LogP contribution in [0.4, 0.5) is 0 Å². The van der Waals surface area contributed by atoms with Gasteiger partial charge in [0.25, 0.3) is 5.91 Å². The van der Waals surface area contributed by atoms with Crippen molar-refractivity contribution in [2.24, 2.45) is 0 Å². The first-order valence-electron chi connectivity index (χ1n) is 11.1. The molecular formula is C25H31ClN2O4. The molecule has 4 rings (SSSR count). The number of methoxy groups -OCH3 is 3. The molecule has 3 atom stereocenters. The third kappa shape index (κ3) is 4.66. The van der Waals surface area contributed by atoms with E-state index in [0.29, 0.717) is 34.9 Å². The highest BCUT2D eigenvalue weighted by Crippen LogP contribution is 2.39. The summed E-state index contributed by atoms with van der Waals surface area (Å²) in [7, 11) is 4.65. The molecular weight excluding hydrogens is 428 g/mol. The van der Waals surface area contributed by atoms with Gasteiger partial charge in [0.2, 0.25) is 5.75 Å². The van der Waals surface area contributed by atoms with Gasteiger partial charge < -0.3 is 19.5 Å². The molecule has 2 aromatic rings. The van der Waals surface area contributed by atoms with Gasteiger partial charge in [0.1, 0.15) is 0 Å². The number of carbonyl (C=O) groups is 1. The van der Waals surface area contributed by atoms with Crippen molar-refractivity contribution >= 4 is 17.5 Å². The van der Waals surface area contributed by atoms with Crippen LogP contribution in [-0.2, 0) is 6.54 Å². The molecule has 7 heteroatoms. The zero-order valence-corrected chi connectivity index (χ0v) is 19.7. The fourth-order valence-electron chi connectivity index (χ4n) is 5.16. The van der Waals surface area contributed by atoms with Gasteiger partial charge in [-0.2, -0.15) is 0 Å². The summed E-state index contributed by atoms with van der Waals surface area (Å²) < 4.78 is 16.2. The summed E-state index contributed by atoms with van der Waals surface area (Å²) in [5.74, 6) is 1.31. The summed E-state index contributed by atoms with van der Waals surface area (Å²) in [5, 5.41) is 4.08. The van der Waals surface area contributed by atoms with E-state index >= 15 is 0 Å². The Morgan fingerprint density at radius 3 is 2.22 bits per heavy atom. The number of amides is 1. The van der Waals surface area contributed by atoms with Crippen LogP contribution in [0.3, 0.4) is 0 Å². The second-order valence-corrected chi connectivity index (χ2v) is 8.97. The van der Waals surface area contributed by atoms with Crippen LogP contribution in [0.2, 0.25) is 5.02 Å². The van der Waals surface area contributed by atoms with Crippen molar-refractivity contribution in [3.05, 3.63) is 52.5 Å². The second-order valence-electron chi connectivity index (χ2n) is 8.56. The fourth-order valence-corrected chi connectivity index (χ4v) is 5.35. The van der Waals surface area contributed by atoms with E-state index in [-0.39, 0.29) is 11.9 Å². The van der Waals surface area contributed by atoms with Crippen molar-refractivity contribution in [1.82, 2.24) is 10.2 Å². The number of nitrogens with one attached hydrogen (secondary N) is 1. The average Bonchev–Trinajstić information content (AvgIpc) is 2.79. The summed E-state index contributed by atoms with van der Waals surface area (Å²) in [6, 6.07) is 12.5. The number of carbonyl (C=O) groups excluding carboxylic acids is 1. The van der Waals surface area contributed by atoms with Gasteiger partial charge in [0.05, 0.1) is 21.3 Å². The van der Waals surface area contributed by atoms with Gasteiger partial charge in [-0.15, -0.1) is 0 Å². The molecule has 1 N–H and O–H groups in total. The second kappa shape index (κ2) is 10.0. The minimum Gasteiger partial charge on any atom is -0.493 e. The zero-order valence-electron chi connectivity index (χ0n) is 18.9. The topological polar surface area (TPSA) is 60.0 Å². The molecule has 2 aliphatic rings. The molecule has 6 nitrogen and oxygen atoms in total. The Bertz CT molecular complexity index is 928. The van der Waals surface area contributed by atoms with Gasteiger partial charge in [-0.25, -0.2) is 0 Å². The zero-order chi connectivity index (χ0) is 22.7. The number of piperidine rings is 2. The quantitative estimate of drug-likeness (QED) is 0.652. The maximum absolute atomic E-state index is 13.1. The molecule has 2 saturated heterocycles. The maximum atomic E-state index is 13.1. The molecule has 1 amide bonds. The van der Waals surface area contributed by atoms with Crippen molar-refractivity contribution in [1.29, 1.82) is 0 Å². The van der Waals surface area contributed by atoms with E-state index in [0.717, 1.165) is 37.3 Å². The number of rotatable bonds is 7. The van der Waals surface area contributed by atoms with Crippen molar-refractivity contribution in [3.63, 3.8) is 0 Å². The number of benzene rings is 2. The van der Waals surface area contributed by atoms with E-state index in [4.69, 9.17) is 25.8 Å². The van der Waals surface area contributed by atoms with Crippen molar-refractivity contribution in [3.8, 4) is 17.2 Å². The molecule has 2 heterocycles. The van der Waals surface area contributed by atoms with Crippen LogP contribution < -0.4 is 19.5 Å². The van der Waals surface area contributed by atoms with Gasteiger partial charge >= 0.3 is 0 Å². The van der Waals surface area contributed by atoms with Crippen molar-refractivity contribution in [2.45, 2.75) is 56.8 Å². The van der Waals surface area contributed by atoms with Crippen LogP contribution in [-0.4, -0.2) is 50.3 Å². The van der Waals surface area contributed by atoms with Crippen LogP contribution >= 0.6 is 11.6 Å². The van der Waals surface area contributed by atoms with E-state index in [9.17, 15) is 4.79 Å². The minimum absolute atomic E-state index is 0.119. The Hall–Kier alpha value is -2.44. The van der Waals surface area contributed by atoms with E-state index in [1.165, 1.54) is 12.0 Å². The van der Waals surface area contributed by atoms with Crippen LogP contribution in [0.5, 0.6) is 17.2 Å². The molecule has 0 radical (unpaired) electrons. The highest BCUT2D eigenvalue weighted by Gasteiger charge is 2.39. The average molecular weight is 459 g/mol. The number of hydrogen-bond acceptors (Lipinski definition) is 5. The van der Waals surface area contributed by atoms with Crippen molar-refractivity contribution < 1.29 is 19.0 Å². The summed E-state index contributed by atoms with van der Waals surface area (Å²) in [6.07, 6.45) is 5.42. The predicted octanol–water partition coefficient (Wildman–Crippen LogP) is 4.68. The Kier molecular flexibility index (Phi) is 7.11. The molecule has 0 saturated carbocycles. The molecule has 32 heavy (non-hydrogen) atoms. The lowest BCUT2D eigenvalue weighted by atomic mass is 9.81. The van der Waals surface area contributed by atoms with E-state index in [2.05, 4.69) is 16.3 Å². The maximum Gasteiger partial charge on any atom is 0.251 e. The van der Waals surface area contributed by atoms with Gasteiger partial charge in [-0.05, 0) is 49.4 Å². The van der Waals surface area contributed by atoms with E-state index < -0.39 is 0 Å². The number of fused-ring (bicyclic) bond motifs is 2. The molecule has 0 aromatic heterocycles. The normalized spacial score (nSPS) is 22.8. The van der Waals surface area contributed by atoms with E-state index in [1.54, 1.807) is 33.5 Å². The lowest BCUT2D eigenvalue weighted by Gasteiger charge is -2.49. The largest absolute Gasteiger partial charge is 0.493 e. The summed E-state index contributed by atoms with van der Waals surface area (Å²) in [6.45, 7) is 0.864. The number of ether oxygens (including phenoxy) is 3. The lowest BCUT2D eigenvalue weighted by Crippen LogP contribution is -2.56. The highest BCUT2D eigenvalue weighted by molar-refractivity contribution is 6.31. The standard InChI is InChI=1S/C25H31ClN2O4/c1-30-22-11-17(12-23(31-2)24(22)32-3)25(29)27-18-13-19-8-6-9-20(14-18)28(19)15-16-7-4-5-10-21(16)26/h4-5,7,10-12,18-20H,6,8-9,13-15H2,1-3H3,(H,27,29)/t18?,19-,20+. The highest BCUT2D eigenvalue weighted by atomic mass is 35.5. The first-order chi connectivity index (χ1) is 15.5. The monoisotopic (exact) mass is 458 g/mol. The number of halogens is 1. The summed E-state index contributed by atoms with van der Waals surface area (Å²) in [5.41, 5.74) is 1.68. The predicted molar refractivity (Wildman–Crippen MR) is 125 cm³/mol. The van der Waals surface area contributed by atoms with Crippen LogP contribution in [0, 0.1) is 0 Å². The molecule has 1 unspecified atom stereocenters. The smallest absolute Gasteiger partial charge is 0.251 e. The van der Waals surface area contributed by atoms with Crippen LogP contribution in [0.15, 0.2) is 36.4 Å². The molecule has 2 aliphatic heterocycles. The Morgan fingerprint density at radius 1 is 1.03 bits per heavy atom. The number of hydrogen-bond donors (Lipinski definition) is 1. The molecule has 0 aliphatic carbocycles. The Balaban J connectivity index is 1.46. The first kappa shape index (κ1) is 22.7. The number of nitrogens with zero attached hydrogens (tertiary/aromatic N) is 1. The van der Waals surface area contributed by atoms with Gasteiger partial charge in [-0.1, -0.05) is 36.2 Å². The van der Waals surface area contributed by atoms with Crippen LogP contribution in [0.1, 0.15) is 48.0 Å². The third-order valence-electron chi connectivity index (χ3n) is 6.70. The first-order valence-corrected chi connectivity index (χ1v) is 11.5. The molecule has 172 valence electrons. The summed E-state index contributed by atoms with van der Waals surface area (Å²) >= 11 is 6.42. The fraction of sp³-hybridized carbons (Fsp3) is 0.480. The Labute approximate surface area is 194 Å². The lowest BCUT2D eigenvalue weighted by molar-refractivity contribution is 0.0177. The molecule has 2 fully saturated rings. The molecule has 0 spiro atoms. The van der Waals surface area contributed by atoms with Gasteiger partial charge in [0, 0.05) is 35.3 Å². The van der Waals surface area contributed by atoms with E-state index in [1.807, 2.05) is 18.2 Å². The van der Waals surface area contributed by atoms with Crippen molar-refractivity contribution in [2.75, 3.05) is 21.3 Å².